The summed E-state index contributed by atoms with van der Waals surface area (Å²) in [6.45, 7) is 0.924. The molecule has 2 heterocycles. The average molecular weight is 237 g/mol. The monoisotopic (exact) mass is 236 g/mol. The number of hydrogen-bond donors (Lipinski definition) is 1. The van der Waals surface area contributed by atoms with Gasteiger partial charge >= 0.3 is 0 Å². The summed E-state index contributed by atoms with van der Waals surface area (Å²) < 4.78 is 1.18. The highest BCUT2D eigenvalue weighted by Gasteiger charge is 2.17. The third-order valence-corrected chi connectivity index (χ3v) is 3.32. The highest BCUT2D eigenvalue weighted by atomic mass is 79.9. The number of aromatic amines is 1. The van der Waals surface area contributed by atoms with Crippen molar-refractivity contribution in [3.63, 3.8) is 0 Å². The number of H-pyrrole nitrogens is 1. The zero-order chi connectivity index (χ0) is 8.84. The molecule has 0 fully saturated rings. The van der Waals surface area contributed by atoms with Crippen molar-refractivity contribution in [1.82, 2.24) is 4.98 Å². The Morgan fingerprint density at radius 1 is 1.38 bits per heavy atom. The quantitative estimate of drug-likeness (QED) is 0.700. The molecule has 66 valence electrons. The lowest BCUT2D eigenvalue weighted by atomic mass is 10.2. The van der Waals surface area contributed by atoms with Gasteiger partial charge in [-0.1, -0.05) is 12.2 Å². The van der Waals surface area contributed by atoms with Crippen molar-refractivity contribution < 1.29 is 0 Å². The smallest absolute Gasteiger partial charge is 0.132 e. The first kappa shape index (κ1) is 7.56. The number of rotatable bonds is 0. The molecule has 13 heavy (non-hydrogen) atoms. The Hall–Kier alpha value is -0.830. The van der Waals surface area contributed by atoms with Crippen LogP contribution in [0.1, 0.15) is 17.7 Å². The number of allylic oxidation sites excluding steroid dienone is 1. The van der Waals surface area contributed by atoms with E-state index < -0.39 is 0 Å². The number of nitrogens with one attached hydrogen (secondary N) is 1. The lowest BCUT2D eigenvalue weighted by molar-refractivity contribution is 0.932. The van der Waals surface area contributed by atoms with Crippen LogP contribution in [0.4, 0.5) is 0 Å². The van der Waals surface area contributed by atoms with Gasteiger partial charge in [0.15, 0.2) is 0 Å². The first-order valence-electron chi connectivity index (χ1n) is 4.48. The third-order valence-electron chi connectivity index (χ3n) is 2.60. The van der Waals surface area contributed by atoms with Crippen molar-refractivity contribution in [2.24, 2.45) is 4.99 Å². The van der Waals surface area contributed by atoms with Gasteiger partial charge in [0.25, 0.3) is 0 Å². The summed E-state index contributed by atoms with van der Waals surface area (Å²) in [5.41, 5.74) is 3.71. The normalized spacial score (nSPS) is 18.4. The molecule has 2 aliphatic rings. The minimum absolute atomic E-state index is 0.924. The molecule has 3 rings (SSSR count). The number of hydrogen-bond acceptors (Lipinski definition) is 1. The van der Waals surface area contributed by atoms with Gasteiger partial charge in [-0.3, -0.25) is 4.99 Å². The van der Waals surface area contributed by atoms with Crippen LogP contribution in [0.3, 0.4) is 0 Å². The standard InChI is InChI=1S/C10H9BrN2/c11-8-4-3-6-7-2-1-5-12-10(7)13-9(6)8/h2,4H,1,3,5H2,(H,12,13). The van der Waals surface area contributed by atoms with Crippen LogP contribution in [0, 0.1) is 0 Å². The fraction of sp³-hybridized carbons (Fsp3) is 0.300. The highest BCUT2D eigenvalue weighted by molar-refractivity contribution is 9.15. The second kappa shape index (κ2) is 2.58. The van der Waals surface area contributed by atoms with Gasteiger partial charge in [-0.05, 0) is 34.3 Å². The fourth-order valence-corrected chi connectivity index (χ4v) is 2.48. The Morgan fingerprint density at radius 3 is 3.23 bits per heavy atom. The van der Waals surface area contributed by atoms with E-state index in [1.165, 1.54) is 21.0 Å². The number of aromatic nitrogens is 1. The van der Waals surface area contributed by atoms with Gasteiger partial charge in [0.05, 0.1) is 5.69 Å². The average Bonchev–Trinajstić information content (AvgIpc) is 2.67. The van der Waals surface area contributed by atoms with Crippen LogP contribution in [0.25, 0.3) is 10.6 Å². The molecule has 1 aliphatic carbocycles. The van der Waals surface area contributed by atoms with Crippen LogP contribution in [0.5, 0.6) is 0 Å². The van der Waals surface area contributed by atoms with Crippen molar-refractivity contribution >= 4 is 26.5 Å². The van der Waals surface area contributed by atoms with Crippen LogP contribution >= 0.6 is 15.9 Å². The largest absolute Gasteiger partial charge is 0.339 e. The van der Waals surface area contributed by atoms with Gasteiger partial charge in [-0.25, -0.2) is 0 Å². The Bertz CT molecular complexity index is 508. The summed E-state index contributed by atoms with van der Waals surface area (Å²) >= 11 is 3.54. The predicted octanol–water partition coefficient (Wildman–Crippen LogP) is 1.11. The molecule has 0 saturated heterocycles. The molecule has 3 heteroatoms. The van der Waals surface area contributed by atoms with Crippen LogP contribution in [-0.2, 0) is 6.42 Å². The molecule has 0 radical (unpaired) electrons. The SMILES string of the molecule is BrC1=CCc2c1[nH]c1c2=CCCN=1. The van der Waals surface area contributed by atoms with E-state index >= 15 is 0 Å². The molecule has 0 spiro atoms. The second-order valence-electron chi connectivity index (χ2n) is 3.37. The number of nitrogens with zero attached hydrogens (tertiary/aromatic N) is 1. The van der Waals surface area contributed by atoms with E-state index in [1.807, 2.05) is 0 Å². The van der Waals surface area contributed by atoms with Gasteiger partial charge in [0.1, 0.15) is 5.49 Å². The minimum atomic E-state index is 0.924. The molecule has 0 amide bonds. The lowest BCUT2D eigenvalue weighted by Gasteiger charge is -1.94. The summed E-state index contributed by atoms with van der Waals surface area (Å²) in [5.74, 6) is 0. The third kappa shape index (κ3) is 0.967. The Labute approximate surface area is 84.2 Å². The first-order chi connectivity index (χ1) is 6.36. The van der Waals surface area contributed by atoms with Crippen LogP contribution in [-0.4, -0.2) is 11.5 Å². The molecular formula is C10H9BrN2. The summed E-state index contributed by atoms with van der Waals surface area (Å²) in [5, 5.41) is 1.33. The maximum absolute atomic E-state index is 4.46. The Kier molecular flexibility index (Phi) is 1.50. The van der Waals surface area contributed by atoms with E-state index in [-0.39, 0.29) is 0 Å². The highest BCUT2D eigenvalue weighted by Crippen LogP contribution is 2.27. The molecule has 0 aromatic carbocycles. The summed E-state index contributed by atoms with van der Waals surface area (Å²) in [6.07, 6.45) is 6.60. The Balaban J connectivity index is 2.42. The zero-order valence-corrected chi connectivity index (χ0v) is 8.69. The van der Waals surface area contributed by atoms with E-state index in [0.717, 1.165) is 24.9 Å². The van der Waals surface area contributed by atoms with E-state index in [2.05, 4.69) is 38.1 Å². The molecule has 0 saturated carbocycles. The number of halogens is 1. The molecule has 0 atom stereocenters. The molecule has 0 unspecified atom stereocenters. The summed E-state index contributed by atoms with van der Waals surface area (Å²) in [7, 11) is 0. The van der Waals surface area contributed by atoms with Gasteiger partial charge in [-0.2, -0.15) is 0 Å². The topological polar surface area (TPSA) is 28.1 Å². The van der Waals surface area contributed by atoms with Crippen molar-refractivity contribution in [2.75, 3.05) is 6.54 Å². The van der Waals surface area contributed by atoms with Crippen LogP contribution < -0.4 is 10.7 Å². The number of fused-ring (bicyclic) bond motifs is 3. The molecule has 1 aliphatic heterocycles. The summed E-state index contributed by atoms with van der Waals surface area (Å²) in [4.78, 5) is 7.81. The molecule has 2 nitrogen and oxygen atoms in total. The zero-order valence-electron chi connectivity index (χ0n) is 7.10. The van der Waals surface area contributed by atoms with Crippen molar-refractivity contribution in [1.29, 1.82) is 0 Å². The second-order valence-corrected chi connectivity index (χ2v) is 4.23. The Morgan fingerprint density at radius 2 is 2.31 bits per heavy atom. The van der Waals surface area contributed by atoms with E-state index in [9.17, 15) is 0 Å². The van der Waals surface area contributed by atoms with Gasteiger partial charge in [0, 0.05) is 16.2 Å². The first-order valence-corrected chi connectivity index (χ1v) is 5.27. The van der Waals surface area contributed by atoms with Gasteiger partial charge in [-0.15, -0.1) is 0 Å². The van der Waals surface area contributed by atoms with Gasteiger partial charge < -0.3 is 4.98 Å². The molecule has 1 aromatic heterocycles. The molecular weight excluding hydrogens is 228 g/mol. The van der Waals surface area contributed by atoms with Crippen LogP contribution in [0.15, 0.2) is 11.1 Å². The fourth-order valence-electron chi connectivity index (χ4n) is 1.98. The van der Waals surface area contributed by atoms with Crippen molar-refractivity contribution in [3.8, 4) is 0 Å². The summed E-state index contributed by atoms with van der Waals surface area (Å²) in [6, 6.07) is 0. The van der Waals surface area contributed by atoms with Gasteiger partial charge in [0.2, 0.25) is 0 Å². The maximum Gasteiger partial charge on any atom is 0.132 e. The van der Waals surface area contributed by atoms with Crippen molar-refractivity contribution in [3.05, 3.63) is 28.0 Å². The van der Waals surface area contributed by atoms with Crippen molar-refractivity contribution in [2.45, 2.75) is 12.8 Å². The molecule has 1 N–H and O–H groups in total. The maximum atomic E-state index is 4.46. The van der Waals surface area contributed by atoms with E-state index in [0.29, 0.717) is 0 Å². The lowest BCUT2D eigenvalue weighted by Crippen LogP contribution is -2.28. The molecule has 1 aromatic rings. The van der Waals surface area contributed by atoms with E-state index in [4.69, 9.17) is 0 Å². The van der Waals surface area contributed by atoms with E-state index in [1.54, 1.807) is 0 Å². The predicted molar refractivity (Wildman–Crippen MR) is 56.1 cm³/mol. The van der Waals surface area contributed by atoms with Crippen LogP contribution in [0.2, 0.25) is 0 Å². The molecule has 0 bridgehead atoms. The minimum Gasteiger partial charge on any atom is -0.339 e.